The number of aromatic nitrogens is 1. The summed E-state index contributed by atoms with van der Waals surface area (Å²) < 4.78 is 11.3. The highest BCUT2D eigenvalue weighted by atomic mass is 35.5. The molecule has 2 N–H and O–H groups in total. The van der Waals surface area contributed by atoms with E-state index in [2.05, 4.69) is 10.3 Å². The molecular formula is C18H17ClN2O5. The van der Waals surface area contributed by atoms with E-state index < -0.39 is 11.9 Å². The average molecular weight is 377 g/mol. The summed E-state index contributed by atoms with van der Waals surface area (Å²) in [6, 6.07) is 9.08. The van der Waals surface area contributed by atoms with Gasteiger partial charge in [-0.05, 0) is 43.2 Å². The number of carboxylic acid groups (broad SMARTS) is 1. The third-order valence-electron chi connectivity index (χ3n) is 3.84. The summed E-state index contributed by atoms with van der Waals surface area (Å²) in [4.78, 5) is 27.2. The minimum atomic E-state index is -1.21. The second kappa shape index (κ2) is 8.16. The maximum atomic E-state index is 12.4. The number of nitrogens with one attached hydrogen (secondary N) is 1. The number of hydrogen-bond donors (Lipinski definition) is 2. The van der Waals surface area contributed by atoms with E-state index in [1.807, 2.05) is 0 Å². The molecule has 136 valence electrons. The summed E-state index contributed by atoms with van der Waals surface area (Å²) >= 11 is 6.02. The first kappa shape index (κ1) is 18.2. The molecule has 1 saturated heterocycles. The molecule has 2 aromatic rings. The Kier molecular flexibility index (Phi) is 5.70. The van der Waals surface area contributed by atoms with E-state index in [1.165, 1.54) is 18.2 Å². The first-order chi connectivity index (χ1) is 12.5. The number of ether oxygens (including phenoxy) is 2. The fraction of sp³-hybridized carbons (Fsp3) is 0.278. The van der Waals surface area contributed by atoms with Gasteiger partial charge in [-0.3, -0.25) is 4.79 Å². The van der Waals surface area contributed by atoms with Gasteiger partial charge in [0.2, 0.25) is 0 Å². The van der Waals surface area contributed by atoms with Crippen molar-refractivity contribution in [2.24, 2.45) is 0 Å². The van der Waals surface area contributed by atoms with Crippen molar-refractivity contribution in [3.63, 3.8) is 0 Å². The van der Waals surface area contributed by atoms with Gasteiger partial charge < -0.3 is 19.9 Å². The van der Waals surface area contributed by atoms with Gasteiger partial charge in [-0.25, -0.2) is 9.78 Å². The van der Waals surface area contributed by atoms with Crippen molar-refractivity contribution in [3.8, 4) is 5.75 Å². The maximum Gasteiger partial charge on any atom is 0.354 e. The van der Waals surface area contributed by atoms with Crippen LogP contribution in [0, 0.1) is 0 Å². The van der Waals surface area contributed by atoms with Crippen LogP contribution in [0.5, 0.6) is 5.75 Å². The van der Waals surface area contributed by atoms with Gasteiger partial charge in [0.15, 0.2) is 0 Å². The number of aromatic carboxylic acids is 1. The number of hydrogen-bond acceptors (Lipinski definition) is 5. The lowest BCUT2D eigenvalue weighted by Crippen LogP contribution is -2.19. The van der Waals surface area contributed by atoms with E-state index in [4.69, 9.17) is 26.2 Å². The van der Waals surface area contributed by atoms with E-state index in [9.17, 15) is 9.59 Å². The standard InChI is InChI=1S/C18H17ClN2O5/c19-11-6-7-16(26-10-12-3-2-8-25-12)15(9-11)21-17(22)13-4-1-5-14(20-13)18(23)24/h1,4-7,9,12H,2-3,8,10H2,(H,21,22)(H,23,24). The Morgan fingerprint density at radius 3 is 2.85 bits per heavy atom. The van der Waals surface area contributed by atoms with Crippen LogP contribution in [-0.4, -0.2) is 41.3 Å². The fourth-order valence-electron chi connectivity index (χ4n) is 2.55. The minimum Gasteiger partial charge on any atom is -0.489 e. The lowest BCUT2D eigenvalue weighted by molar-refractivity contribution is 0.0681. The third kappa shape index (κ3) is 4.50. The third-order valence-corrected chi connectivity index (χ3v) is 4.07. The molecule has 7 nitrogen and oxygen atoms in total. The first-order valence-corrected chi connectivity index (χ1v) is 8.46. The van der Waals surface area contributed by atoms with Gasteiger partial charge in [-0.2, -0.15) is 0 Å². The molecule has 1 fully saturated rings. The molecule has 0 aliphatic carbocycles. The van der Waals surface area contributed by atoms with Gasteiger partial charge in [0.1, 0.15) is 23.7 Å². The van der Waals surface area contributed by atoms with Crippen molar-refractivity contribution in [2.75, 3.05) is 18.5 Å². The molecule has 3 rings (SSSR count). The zero-order chi connectivity index (χ0) is 18.5. The summed E-state index contributed by atoms with van der Waals surface area (Å²) in [6.07, 6.45) is 1.97. The Morgan fingerprint density at radius 1 is 1.31 bits per heavy atom. The quantitative estimate of drug-likeness (QED) is 0.803. The number of carboxylic acids is 1. The van der Waals surface area contributed by atoms with Crippen LogP contribution in [0.15, 0.2) is 36.4 Å². The zero-order valence-electron chi connectivity index (χ0n) is 13.8. The van der Waals surface area contributed by atoms with Crippen molar-refractivity contribution in [3.05, 3.63) is 52.8 Å². The molecule has 26 heavy (non-hydrogen) atoms. The van der Waals surface area contributed by atoms with Gasteiger partial charge in [0.25, 0.3) is 5.91 Å². The van der Waals surface area contributed by atoms with Crippen molar-refractivity contribution < 1.29 is 24.2 Å². The Morgan fingerprint density at radius 2 is 2.12 bits per heavy atom. The Labute approximate surface area is 154 Å². The molecule has 1 unspecified atom stereocenters. The number of benzene rings is 1. The lowest BCUT2D eigenvalue weighted by Gasteiger charge is -2.15. The van der Waals surface area contributed by atoms with Crippen LogP contribution in [-0.2, 0) is 4.74 Å². The van der Waals surface area contributed by atoms with E-state index in [0.29, 0.717) is 23.1 Å². The Balaban J connectivity index is 1.75. The molecule has 2 heterocycles. The molecule has 1 aromatic heterocycles. The van der Waals surface area contributed by atoms with Gasteiger partial charge in [0, 0.05) is 11.6 Å². The van der Waals surface area contributed by atoms with Gasteiger partial charge in [-0.1, -0.05) is 17.7 Å². The van der Waals surface area contributed by atoms with Crippen LogP contribution in [0.1, 0.15) is 33.8 Å². The number of pyridine rings is 1. The van der Waals surface area contributed by atoms with Gasteiger partial charge >= 0.3 is 5.97 Å². The molecule has 0 bridgehead atoms. The molecule has 1 amide bonds. The normalized spacial score (nSPS) is 16.3. The van der Waals surface area contributed by atoms with E-state index in [1.54, 1.807) is 18.2 Å². The Hall–Kier alpha value is -2.64. The van der Waals surface area contributed by atoms with E-state index in [-0.39, 0.29) is 17.5 Å². The number of carbonyl (C=O) groups is 2. The number of anilines is 1. The summed E-state index contributed by atoms with van der Waals surface area (Å²) in [5, 5.41) is 12.1. The van der Waals surface area contributed by atoms with Crippen LogP contribution >= 0.6 is 11.6 Å². The highest BCUT2D eigenvalue weighted by Crippen LogP contribution is 2.29. The number of amides is 1. The second-order valence-corrected chi connectivity index (χ2v) is 6.19. The van der Waals surface area contributed by atoms with Crippen molar-refractivity contribution >= 4 is 29.2 Å². The molecule has 1 aliphatic rings. The van der Waals surface area contributed by atoms with Crippen LogP contribution in [0.4, 0.5) is 5.69 Å². The minimum absolute atomic E-state index is 0.0186. The molecule has 0 radical (unpaired) electrons. The molecule has 1 atom stereocenters. The van der Waals surface area contributed by atoms with Crippen molar-refractivity contribution in [2.45, 2.75) is 18.9 Å². The molecule has 0 saturated carbocycles. The molecule has 0 spiro atoms. The molecule has 8 heteroatoms. The lowest BCUT2D eigenvalue weighted by atomic mass is 10.2. The van der Waals surface area contributed by atoms with Crippen LogP contribution < -0.4 is 10.1 Å². The number of nitrogens with zero attached hydrogens (tertiary/aromatic N) is 1. The summed E-state index contributed by atoms with van der Waals surface area (Å²) in [5.74, 6) is -1.31. The SMILES string of the molecule is O=C(O)c1cccc(C(=O)Nc2cc(Cl)ccc2OCC2CCCO2)n1. The highest BCUT2D eigenvalue weighted by molar-refractivity contribution is 6.31. The molecule has 1 aliphatic heterocycles. The summed E-state index contributed by atoms with van der Waals surface area (Å²) in [6.45, 7) is 1.10. The number of halogens is 1. The van der Waals surface area contributed by atoms with Crippen molar-refractivity contribution in [1.29, 1.82) is 0 Å². The monoisotopic (exact) mass is 376 g/mol. The molecular weight excluding hydrogens is 360 g/mol. The topological polar surface area (TPSA) is 97.8 Å². The smallest absolute Gasteiger partial charge is 0.354 e. The van der Waals surface area contributed by atoms with Crippen LogP contribution in [0.25, 0.3) is 0 Å². The summed E-state index contributed by atoms with van der Waals surface area (Å²) in [5.41, 5.74) is 0.150. The number of rotatable bonds is 6. The maximum absolute atomic E-state index is 12.4. The van der Waals surface area contributed by atoms with Crippen molar-refractivity contribution in [1.82, 2.24) is 4.98 Å². The number of carbonyl (C=O) groups excluding carboxylic acids is 1. The highest BCUT2D eigenvalue weighted by Gasteiger charge is 2.18. The summed E-state index contributed by atoms with van der Waals surface area (Å²) in [7, 11) is 0. The van der Waals surface area contributed by atoms with Crippen LogP contribution in [0.3, 0.4) is 0 Å². The van der Waals surface area contributed by atoms with Gasteiger partial charge in [0.05, 0.1) is 11.8 Å². The molecule has 1 aromatic carbocycles. The van der Waals surface area contributed by atoms with Gasteiger partial charge in [-0.15, -0.1) is 0 Å². The fourth-order valence-corrected chi connectivity index (χ4v) is 2.72. The predicted molar refractivity (Wildman–Crippen MR) is 95.1 cm³/mol. The first-order valence-electron chi connectivity index (χ1n) is 8.08. The Bertz CT molecular complexity index is 821. The second-order valence-electron chi connectivity index (χ2n) is 5.75. The zero-order valence-corrected chi connectivity index (χ0v) is 14.5. The van der Waals surface area contributed by atoms with Crippen LogP contribution in [0.2, 0.25) is 5.02 Å². The van der Waals surface area contributed by atoms with E-state index >= 15 is 0 Å². The predicted octanol–water partition coefficient (Wildman–Crippen LogP) is 3.24. The average Bonchev–Trinajstić information content (AvgIpc) is 3.14. The largest absolute Gasteiger partial charge is 0.489 e. The van der Waals surface area contributed by atoms with E-state index in [0.717, 1.165) is 19.4 Å².